The Morgan fingerprint density at radius 2 is 1.15 bits per heavy atom. The third kappa shape index (κ3) is 3.19. The summed E-state index contributed by atoms with van der Waals surface area (Å²) in [6.07, 6.45) is 0. The zero-order valence-electron chi connectivity index (χ0n) is 17.6. The van der Waals surface area contributed by atoms with Gasteiger partial charge in [0.05, 0.1) is 21.0 Å². The van der Waals surface area contributed by atoms with E-state index in [1.807, 2.05) is 42.5 Å². The first-order valence-electron chi connectivity index (χ1n) is 10.7. The van der Waals surface area contributed by atoms with Gasteiger partial charge in [-0.25, -0.2) is 13.4 Å². The molecule has 0 unspecified atom stereocenters. The first kappa shape index (κ1) is 19.6. The number of benzene rings is 5. The van der Waals surface area contributed by atoms with Gasteiger partial charge in [0, 0.05) is 21.7 Å². The van der Waals surface area contributed by atoms with Crippen molar-refractivity contribution in [3.05, 3.63) is 115 Å². The van der Waals surface area contributed by atoms with Crippen LogP contribution in [-0.2, 0) is 9.84 Å². The Balaban J connectivity index is 1.58. The molecule has 0 fully saturated rings. The van der Waals surface area contributed by atoms with E-state index >= 15 is 0 Å². The molecule has 0 radical (unpaired) electrons. The van der Waals surface area contributed by atoms with Gasteiger partial charge in [0.2, 0.25) is 9.84 Å². The van der Waals surface area contributed by atoms with E-state index in [1.165, 1.54) is 10.8 Å². The van der Waals surface area contributed by atoms with Gasteiger partial charge >= 0.3 is 0 Å². The summed E-state index contributed by atoms with van der Waals surface area (Å²) < 4.78 is 26.0. The lowest BCUT2D eigenvalue weighted by molar-refractivity contribution is 0.596. The van der Waals surface area contributed by atoms with Crippen LogP contribution in [0.4, 0.5) is 0 Å². The predicted octanol–water partition coefficient (Wildman–Crippen LogP) is 7.04. The van der Waals surface area contributed by atoms with E-state index in [9.17, 15) is 8.42 Å². The summed E-state index contributed by atoms with van der Waals surface area (Å²) in [7, 11) is -3.56. The van der Waals surface area contributed by atoms with Crippen molar-refractivity contribution in [1.29, 1.82) is 0 Å². The lowest BCUT2D eigenvalue weighted by Crippen LogP contribution is -2.01. The Hall–Kier alpha value is -4.02. The molecule has 0 aliphatic carbocycles. The molecule has 0 spiro atoms. The summed E-state index contributed by atoms with van der Waals surface area (Å²) in [5.74, 6) is 0. The minimum absolute atomic E-state index is 0.271. The second kappa shape index (κ2) is 7.54. The van der Waals surface area contributed by atoms with Crippen LogP contribution in [0.5, 0.6) is 0 Å². The first-order valence-corrected chi connectivity index (χ1v) is 12.2. The minimum atomic E-state index is -3.56. The van der Waals surface area contributed by atoms with Gasteiger partial charge in [-0.05, 0) is 41.1 Å². The van der Waals surface area contributed by atoms with Gasteiger partial charge < -0.3 is 0 Å². The van der Waals surface area contributed by atoms with E-state index in [0.717, 1.165) is 32.9 Å². The Labute approximate surface area is 191 Å². The molecule has 0 amide bonds. The van der Waals surface area contributed by atoms with Gasteiger partial charge in [-0.2, -0.15) is 0 Å². The fourth-order valence-electron chi connectivity index (χ4n) is 4.47. The summed E-state index contributed by atoms with van der Waals surface area (Å²) in [5.41, 5.74) is 2.64. The largest absolute Gasteiger partial charge is 0.247 e. The SMILES string of the molecule is O=S(=O)(c1ccccc1)c1ccc(-c2nc3ccccc3c3c2ccc2ccccc23)cc1. The highest BCUT2D eigenvalue weighted by Gasteiger charge is 2.18. The Morgan fingerprint density at radius 3 is 1.94 bits per heavy atom. The van der Waals surface area contributed by atoms with Crippen molar-refractivity contribution in [2.75, 3.05) is 0 Å². The lowest BCUT2D eigenvalue weighted by atomic mass is 9.95. The Morgan fingerprint density at radius 1 is 0.515 bits per heavy atom. The van der Waals surface area contributed by atoms with Crippen molar-refractivity contribution in [1.82, 2.24) is 4.98 Å². The van der Waals surface area contributed by atoms with Gasteiger partial charge in [-0.3, -0.25) is 0 Å². The Kier molecular flexibility index (Phi) is 4.49. The second-order valence-electron chi connectivity index (χ2n) is 8.03. The van der Waals surface area contributed by atoms with E-state index < -0.39 is 9.84 Å². The number of fused-ring (bicyclic) bond motifs is 5. The molecule has 158 valence electrons. The molecule has 1 heterocycles. The predicted molar refractivity (Wildman–Crippen MR) is 134 cm³/mol. The molecule has 0 saturated carbocycles. The molecular formula is C29H19NO2S. The highest BCUT2D eigenvalue weighted by atomic mass is 32.2. The molecule has 0 atom stereocenters. The molecule has 33 heavy (non-hydrogen) atoms. The maximum absolute atomic E-state index is 13.0. The highest BCUT2D eigenvalue weighted by Crippen LogP contribution is 2.37. The highest BCUT2D eigenvalue weighted by molar-refractivity contribution is 7.91. The van der Waals surface area contributed by atoms with Crippen molar-refractivity contribution >= 4 is 42.3 Å². The van der Waals surface area contributed by atoms with Gasteiger partial charge in [0.1, 0.15) is 0 Å². The summed E-state index contributed by atoms with van der Waals surface area (Å²) in [6.45, 7) is 0. The van der Waals surface area contributed by atoms with E-state index in [-0.39, 0.29) is 4.90 Å². The average Bonchev–Trinajstić information content (AvgIpc) is 2.88. The van der Waals surface area contributed by atoms with Crippen LogP contribution in [0, 0.1) is 0 Å². The summed E-state index contributed by atoms with van der Waals surface area (Å²) in [5, 5.41) is 5.67. The molecule has 0 bridgehead atoms. The molecular weight excluding hydrogens is 426 g/mol. The molecule has 3 nitrogen and oxygen atoms in total. The van der Waals surface area contributed by atoms with Crippen LogP contribution in [0.25, 0.3) is 43.7 Å². The maximum atomic E-state index is 13.0. The number of aromatic nitrogens is 1. The van der Waals surface area contributed by atoms with E-state index in [1.54, 1.807) is 36.4 Å². The molecule has 0 aliphatic rings. The molecule has 1 aromatic heterocycles. The van der Waals surface area contributed by atoms with Crippen LogP contribution in [0.15, 0.2) is 125 Å². The smallest absolute Gasteiger partial charge is 0.206 e. The van der Waals surface area contributed by atoms with Crippen molar-refractivity contribution in [3.63, 3.8) is 0 Å². The number of hydrogen-bond donors (Lipinski definition) is 0. The zero-order valence-corrected chi connectivity index (χ0v) is 18.5. The topological polar surface area (TPSA) is 47.0 Å². The minimum Gasteiger partial charge on any atom is -0.247 e. The van der Waals surface area contributed by atoms with Gasteiger partial charge in [-0.1, -0.05) is 84.9 Å². The van der Waals surface area contributed by atoms with Gasteiger partial charge in [0.15, 0.2) is 0 Å². The number of para-hydroxylation sites is 1. The quantitative estimate of drug-likeness (QED) is 0.274. The molecule has 6 rings (SSSR count). The van der Waals surface area contributed by atoms with E-state index in [2.05, 4.69) is 36.4 Å². The molecule has 4 heteroatoms. The maximum Gasteiger partial charge on any atom is 0.206 e. The fraction of sp³-hybridized carbons (Fsp3) is 0. The van der Waals surface area contributed by atoms with Crippen molar-refractivity contribution in [2.24, 2.45) is 0 Å². The van der Waals surface area contributed by atoms with E-state index in [4.69, 9.17) is 4.98 Å². The molecule has 0 saturated heterocycles. The summed E-state index contributed by atoms with van der Waals surface area (Å²) in [6, 6.07) is 36.3. The van der Waals surface area contributed by atoms with E-state index in [0.29, 0.717) is 4.90 Å². The van der Waals surface area contributed by atoms with Crippen LogP contribution in [0.2, 0.25) is 0 Å². The standard InChI is InChI=1S/C29H19NO2S/c31-33(32,22-9-2-1-3-10-22)23-17-14-21(15-18-23)29-26-19-16-20-8-4-5-11-24(20)28(26)25-12-6-7-13-27(25)30-29/h1-19H. The molecule has 0 aliphatic heterocycles. The third-order valence-corrected chi connectivity index (χ3v) is 7.87. The van der Waals surface area contributed by atoms with Gasteiger partial charge in [0.25, 0.3) is 0 Å². The number of pyridine rings is 1. The van der Waals surface area contributed by atoms with Crippen molar-refractivity contribution in [3.8, 4) is 11.3 Å². The van der Waals surface area contributed by atoms with Crippen LogP contribution < -0.4 is 0 Å². The Bertz CT molecular complexity index is 1740. The summed E-state index contributed by atoms with van der Waals surface area (Å²) >= 11 is 0. The van der Waals surface area contributed by atoms with Crippen molar-refractivity contribution in [2.45, 2.75) is 9.79 Å². The number of rotatable bonds is 3. The number of nitrogens with zero attached hydrogens (tertiary/aromatic N) is 1. The first-order chi connectivity index (χ1) is 16.1. The van der Waals surface area contributed by atoms with Crippen LogP contribution in [-0.4, -0.2) is 13.4 Å². The summed E-state index contributed by atoms with van der Waals surface area (Å²) in [4.78, 5) is 5.54. The number of sulfone groups is 1. The lowest BCUT2D eigenvalue weighted by Gasteiger charge is -2.13. The number of hydrogen-bond acceptors (Lipinski definition) is 3. The zero-order chi connectivity index (χ0) is 22.4. The second-order valence-corrected chi connectivity index (χ2v) is 9.98. The fourth-order valence-corrected chi connectivity index (χ4v) is 5.75. The van der Waals surface area contributed by atoms with Crippen LogP contribution >= 0.6 is 0 Å². The van der Waals surface area contributed by atoms with Gasteiger partial charge in [-0.15, -0.1) is 0 Å². The molecule has 6 aromatic rings. The third-order valence-electron chi connectivity index (χ3n) is 6.08. The van der Waals surface area contributed by atoms with Crippen LogP contribution in [0.1, 0.15) is 0 Å². The molecule has 0 N–H and O–H groups in total. The van der Waals surface area contributed by atoms with Crippen LogP contribution in [0.3, 0.4) is 0 Å². The molecule has 5 aromatic carbocycles. The van der Waals surface area contributed by atoms with Crippen molar-refractivity contribution < 1.29 is 8.42 Å². The normalized spacial score (nSPS) is 11.9. The average molecular weight is 446 g/mol. The monoisotopic (exact) mass is 445 g/mol.